The molecule has 3 rings (SSSR count). The molecule has 0 amide bonds. The Morgan fingerprint density at radius 1 is 1.04 bits per heavy atom. The smallest absolute Gasteiger partial charge is 0.138 e. The zero-order chi connectivity index (χ0) is 16.1. The molecular formula is C20H25N3. The van der Waals surface area contributed by atoms with Crippen molar-refractivity contribution in [2.75, 3.05) is 5.32 Å². The van der Waals surface area contributed by atoms with E-state index >= 15 is 0 Å². The Balaban J connectivity index is 1.87. The number of rotatable bonds is 7. The SMILES string of the molecule is CCCCCc1nc2ccc(C)cn2c1NCc1ccccc1. The number of pyridine rings is 1. The molecule has 3 aromatic rings. The van der Waals surface area contributed by atoms with Crippen molar-refractivity contribution in [3.63, 3.8) is 0 Å². The summed E-state index contributed by atoms with van der Waals surface area (Å²) < 4.78 is 2.19. The number of unbranched alkanes of at least 4 members (excludes halogenated alkanes) is 2. The van der Waals surface area contributed by atoms with Crippen molar-refractivity contribution in [2.45, 2.75) is 46.1 Å². The van der Waals surface area contributed by atoms with Gasteiger partial charge in [-0.3, -0.25) is 4.40 Å². The van der Waals surface area contributed by atoms with Crippen LogP contribution < -0.4 is 5.32 Å². The minimum absolute atomic E-state index is 0.823. The highest BCUT2D eigenvalue weighted by molar-refractivity contribution is 5.56. The maximum absolute atomic E-state index is 4.84. The fourth-order valence-corrected chi connectivity index (χ4v) is 2.89. The first-order chi connectivity index (χ1) is 11.3. The van der Waals surface area contributed by atoms with E-state index in [9.17, 15) is 0 Å². The summed E-state index contributed by atoms with van der Waals surface area (Å²) in [5.41, 5.74) is 4.74. The first-order valence-electron chi connectivity index (χ1n) is 8.53. The Hall–Kier alpha value is -2.29. The van der Waals surface area contributed by atoms with Gasteiger partial charge in [-0.25, -0.2) is 4.98 Å². The second-order valence-corrected chi connectivity index (χ2v) is 6.14. The number of anilines is 1. The minimum atomic E-state index is 0.823. The van der Waals surface area contributed by atoms with Crippen molar-refractivity contribution in [3.05, 3.63) is 65.5 Å². The molecule has 3 nitrogen and oxygen atoms in total. The number of nitrogens with zero attached hydrogens (tertiary/aromatic N) is 2. The van der Waals surface area contributed by atoms with Crippen molar-refractivity contribution in [1.29, 1.82) is 0 Å². The van der Waals surface area contributed by atoms with E-state index in [2.05, 4.69) is 72.2 Å². The number of hydrogen-bond acceptors (Lipinski definition) is 2. The summed E-state index contributed by atoms with van der Waals surface area (Å²) in [5, 5.41) is 3.61. The van der Waals surface area contributed by atoms with E-state index in [-0.39, 0.29) is 0 Å². The van der Waals surface area contributed by atoms with Gasteiger partial charge in [0.1, 0.15) is 11.5 Å². The van der Waals surface area contributed by atoms with Crippen LogP contribution in [0.5, 0.6) is 0 Å². The van der Waals surface area contributed by atoms with Crippen molar-refractivity contribution >= 4 is 11.5 Å². The minimum Gasteiger partial charge on any atom is -0.366 e. The first-order valence-corrected chi connectivity index (χ1v) is 8.53. The Morgan fingerprint density at radius 3 is 2.65 bits per heavy atom. The van der Waals surface area contributed by atoms with Crippen LogP contribution in [0.2, 0.25) is 0 Å². The number of imidazole rings is 1. The van der Waals surface area contributed by atoms with Crippen molar-refractivity contribution in [3.8, 4) is 0 Å². The molecule has 0 aliphatic rings. The van der Waals surface area contributed by atoms with Gasteiger partial charge in [-0.2, -0.15) is 0 Å². The number of hydrogen-bond donors (Lipinski definition) is 1. The maximum Gasteiger partial charge on any atom is 0.138 e. The normalized spacial score (nSPS) is 11.0. The van der Waals surface area contributed by atoms with Gasteiger partial charge in [0, 0.05) is 12.7 Å². The van der Waals surface area contributed by atoms with E-state index in [1.807, 2.05) is 0 Å². The molecule has 2 heterocycles. The van der Waals surface area contributed by atoms with Crippen molar-refractivity contribution in [1.82, 2.24) is 9.38 Å². The zero-order valence-corrected chi connectivity index (χ0v) is 14.0. The Morgan fingerprint density at radius 2 is 1.87 bits per heavy atom. The van der Waals surface area contributed by atoms with Gasteiger partial charge in [-0.1, -0.05) is 56.2 Å². The lowest BCUT2D eigenvalue weighted by atomic mass is 10.1. The molecule has 0 aliphatic heterocycles. The molecule has 2 aromatic heterocycles. The van der Waals surface area contributed by atoms with E-state index in [1.54, 1.807) is 0 Å². The Bertz CT molecular complexity index is 759. The lowest BCUT2D eigenvalue weighted by Gasteiger charge is -2.09. The molecule has 0 fully saturated rings. The van der Waals surface area contributed by atoms with E-state index in [1.165, 1.54) is 36.1 Å². The summed E-state index contributed by atoms with van der Waals surface area (Å²) in [7, 11) is 0. The third kappa shape index (κ3) is 3.73. The van der Waals surface area contributed by atoms with E-state index in [0.717, 1.165) is 24.4 Å². The van der Waals surface area contributed by atoms with Gasteiger partial charge < -0.3 is 5.32 Å². The van der Waals surface area contributed by atoms with Crippen LogP contribution in [0, 0.1) is 6.92 Å². The van der Waals surface area contributed by atoms with Gasteiger partial charge in [0.15, 0.2) is 0 Å². The van der Waals surface area contributed by atoms with Crippen LogP contribution in [0.3, 0.4) is 0 Å². The summed E-state index contributed by atoms with van der Waals surface area (Å²) in [4.78, 5) is 4.84. The number of aromatic nitrogens is 2. The average molecular weight is 307 g/mol. The van der Waals surface area contributed by atoms with Crippen molar-refractivity contribution < 1.29 is 0 Å². The molecule has 0 radical (unpaired) electrons. The lowest BCUT2D eigenvalue weighted by Crippen LogP contribution is -2.04. The molecule has 23 heavy (non-hydrogen) atoms. The molecule has 0 saturated carbocycles. The second-order valence-electron chi connectivity index (χ2n) is 6.14. The Labute approximate surface area is 138 Å². The highest BCUT2D eigenvalue weighted by Crippen LogP contribution is 2.22. The predicted molar refractivity (Wildman–Crippen MR) is 96.9 cm³/mol. The predicted octanol–water partition coefficient (Wildman–Crippen LogP) is 4.99. The third-order valence-corrected chi connectivity index (χ3v) is 4.16. The molecule has 0 unspecified atom stereocenters. The highest BCUT2D eigenvalue weighted by Gasteiger charge is 2.11. The summed E-state index contributed by atoms with van der Waals surface area (Å²) in [6.45, 7) is 5.18. The van der Waals surface area contributed by atoms with Gasteiger partial charge in [0.05, 0.1) is 5.69 Å². The number of aryl methyl sites for hydroxylation is 2. The summed E-state index contributed by atoms with van der Waals surface area (Å²) >= 11 is 0. The monoisotopic (exact) mass is 307 g/mol. The third-order valence-electron chi connectivity index (χ3n) is 4.16. The standard InChI is InChI=1S/C20H25N3/c1-3-4-6-11-18-20(21-14-17-9-7-5-8-10-17)23-15-16(2)12-13-19(23)22-18/h5,7-10,12-13,15,21H,3-4,6,11,14H2,1-2H3. The molecule has 1 N–H and O–H groups in total. The molecule has 120 valence electrons. The molecule has 1 aromatic carbocycles. The fourth-order valence-electron chi connectivity index (χ4n) is 2.89. The second kappa shape index (κ2) is 7.32. The van der Waals surface area contributed by atoms with Gasteiger partial charge in [-0.05, 0) is 37.0 Å². The largest absolute Gasteiger partial charge is 0.366 e. The van der Waals surface area contributed by atoms with Crippen LogP contribution in [0.25, 0.3) is 5.65 Å². The molecule has 0 atom stereocenters. The van der Waals surface area contributed by atoms with Gasteiger partial charge in [0.2, 0.25) is 0 Å². The average Bonchev–Trinajstić information content (AvgIpc) is 2.91. The van der Waals surface area contributed by atoms with Crippen LogP contribution in [0.4, 0.5) is 5.82 Å². The maximum atomic E-state index is 4.84. The topological polar surface area (TPSA) is 29.3 Å². The number of fused-ring (bicyclic) bond motifs is 1. The molecule has 0 saturated heterocycles. The zero-order valence-electron chi connectivity index (χ0n) is 14.0. The summed E-state index contributed by atoms with van der Waals surface area (Å²) in [6, 6.07) is 14.7. The quantitative estimate of drug-likeness (QED) is 0.623. The Kier molecular flexibility index (Phi) is 4.96. The molecule has 0 bridgehead atoms. The highest BCUT2D eigenvalue weighted by atomic mass is 15.1. The molecule has 0 spiro atoms. The number of nitrogens with one attached hydrogen (secondary N) is 1. The van der Waals surface area contributed by atoms with E-state index in [0.29, 0.717) is 0 Å². The number of benzene rings is 1. The van der Waals surface area contributed by atoms with Crippen LogP contribution in [-0.2, 0) is 13.0 Å². The van der Waals surface area contributed by atoms with E-state index in [4.69, 9.17) is 4.98 Å². The van der Waals surface area contributed by atoms with Gasteiger partial charge in [-0.15, -0.1) is 0 Å². The van der Waals surface area contributed by atoms with Crippen molar-refractivity contribution in [2.24, 2.45) is 0 Å². The van der Waals surface area contributed by atoms with E-state index < -0.39 is 0 Å². The van der Waals surface area contributed by atoms with Crippen LogP contribution in [0.15, 0.2) is 48.7 Å². The fraction of sp³-hybridized carbons (Fsp3) is 0.350. The summed E-state index contributed by atoms with van der Waals surface area (Å²) in [6.07, 6.45) is 6.88. The summed E-state index contributed by atoms with van der Waals surface area (Å²) in [5.74, 6) is 1.14. The molecule has 3 heteroatoms. The van der Waals surface area contributed by atoms with Crippen LogP contribution >= 0.6 is 0 Å². The molecule has 0 aliphatic carbocycles. The van der Waals surface area contributed by atoms with Crippen LogP contribution in [-0.4, -0.2) is 9.38 Å². The molecular weight excluding hydrogens is 282 g/mol. The van der Waals surface area contributed by atoms with Gasteiger partial charge >= 0.3 is 0 Å². The lowest BCUT2D eigenvalue weighted by molar-refractivity contribution is 0.710. The van der Waals surface area contributed by atoms with Crippen LogP contribution in [0.1, 0.15) is 43.0 Å². The first kappa shape index (κ1) is 15.6. The van der Waals surface area contributed by atoms with Gasteiger partial charge in [0.25, 0.3) is 0 Å².